The van der Waals surface area contributed by atoms with Crippen LogP contribution in [0.25, 0.3) is 0 Å². The molecular weight excluding hydrogens is 328 g/mol. The number of carboxylic acids is 1. The molecule has 0 rings (SSSR count). The van der Waals surface area contributed by atoms with Crippen LogP contribution in [0.5, 0.6) is 0 Å². The first-order valence-electron chi connectivity index (χ1n) is 6.88. The number of hydrogen-bond acceptors (Lipinski definition) is 7. The number of nitrogens with two attached hydrogens (primary N) is 2. The molecule has 0 saturated heterocycles. The predicted molar refractivity (Wildman–Crippen MR) is 90.1 cm³/mol. The van der Waals surface area contributed by atoms with Crippen LogP contribution in [0.3, 0.4) is 0 Å². The van der Waals surface area contributed by atoms with Crippen molar-refractivity contribution >= 4 is 43.0 Å². The Balaban J connectivity index is 4.78. The van der Waals surface area contributed by atoms with Crippen LogP contribution < -0.4 is 22.1 Å². The summed E-state index contributed by atoms with van der Waals surface area (Å²) in [7, 11) is 0. The Morgan fingerprint density at radius 3 is 2.05 bits per heavy atom. The monoisotopic (exact) mass is 352 g/mol. The van der Waals surface area contributed by atoms with Crippen LogP contribution in [0, 0.1) is 0 Å². The van der Waals surface area contributed by atoms with Gasteiger partial charge in [0.05, 0.1) is 6.04 Å². The Kier molecular flexibility index (Phi) is 11.1. The molecule has 8 nitrogen and oxygen atoms in total. The summed E-state index contributed by atoms with van der Waals surface area (Å²) in [5.74, 6) is -2.21. The minimum absolute atomic E-state index is 0.0549. The number of aliphatic carboxylic acids is 1. The Morgan fingerprint density at radius 1 is 1.00 bits per heavy atom. The highest BCUT2D eigenvalue weighted by Crippen LogP contribution is 2.03. The van der Waals surface area contributed by atoms with Crippen molar-refractivity contribution in [3.8, 4) is 0 Å². The molecule has 10 heteroatoms. The van der Waals surface area contributed by atoms with Crippen molar-refractivity contribution in [1.82, 2.24) is 10.6 Å². The highest BCUT2D eigenvalue weighted by molar-refractivity contribution is 7.80. The molecule has 0 heterocycles. The van der Waals surface area contributed by atoms with Gasteiger partial charge in [0.25, 0.3) is 0 Å². The van der Waals surface area contributed by atoms with Gasteiger partial charge in [-0.05, 0) is 25.8 Å². The van der Waals surface area contributed by atoms with Gasteiger partial charge in [-0.3, -0.25) is 9.59 Å². The van der Waals surface area contributed by atoms with Crippen molar-refractivity contribution in [2.75, 3.05) is 18.1 Å². The van der Waals surface area contributed by atoms with Crippen LogP contribution in [-0.2, 0) is 14.4 Å². The Morgan fingerprint density at radius 2 is 1.59 bits per heavy atom. The molecule has 3 unspecified atom stereocenters. The van der Waals surface area contributed by atoms with Crippen molar-refractivity contribution in [3.05, 3.63) is 0 Å². The van der Waals surface area contributed by atoms with Crippen LogP contribution in [0.4, 0.5) is 0 Å². The molecule has 0 fully saturated rings. The number of rotatable bonds is 11. The topological polar surface area (TPSA) is 148 Å². The molecule has 0 saturated carbocycles. The van der Waals surface area contributed by atoms with E-state index in [1.807, 2.05) is 0 Å². The number of nitrogens with one attached hydrogen (secondary N) is 2. The molecule has 2 amide bonds. The lowest BCUT2D eigenvalue weighted by atomic mass is 10.1. The summed E-state index contributed by atoms with van der Waals surface area (Å²) in [6.45, 7) is 0.465. The molecule has 128 valence electrons. The maximum absolute atomic E-state index is 12.1. The molecule has 0 aliphatic rings. The smallest absolute Gasteiger partial charge is 0.327 e. The summed E-state index contributed by atoms with van der Waals surface area (Å²) >= 11 is 7.79. The summed E-state index contributed by atoms with van der Waals surface area (Å²) < 4.78 is 0. The second-order valence-electron chi connectivity index (χ2n) is 4.72. The molecule has 7 N–H and O–H groups in total. The number of hydrogen-bond donors (Lipinski definition) is 7. The fourth-order valence-electron chi connectivity index (χ4n) is 1.58. The third-order valence-corrected chi connectivity index (χ3v) is 3.67. The van der Waals surface area contributed by atoms with Crippen LogP contribution in [0.1, 0.15) is 19.3 Å². The highest BCUT2D eigenvalue weighted by Gasteiger charge is 2.26. The molecule has 0 spiro atoms. The molecule has 0 aromatic carbocycles. The fourth-order valence-corrected chi connectivity index (χ4v) is 1.99. The summed E-state index contributed by atoms with van der Waals surface area (Å²) in [6.07, 6.45) is 1.64. The molecule has 3 atom stereocenters. The van der Waals surface area contributed by atoms with E-state index in [9.17, 15) is 14.4 Å². The van der Waals surface area contributed by atoms with E-state index >= 15 is 0 Å². The van der Waals surface area contributed by atoms with Crippen molar-refractivity contribution in [3.63, 3.8) is 0 Å². The molecule has 0 aliphatic heterocycles. The van der Waals surface area contributed by atoms with E-state index in [1.165, 1.54) is 0 Å². The standard InChI is InChI=1S/C12H24N4O4S2/c13-4-2-1-3-8(15-10(17)7(14)5-21)11(18)16-9(6-22)12(19)20/h7-9,21-22H,1-6,13-14H2,(H,15,17)(H,16,18)(H,19,20). The first kappa shape index (κ1) is 21.0. The Labute approximate surface area is 140 Å². The molecular formula is C12H24N4O4S2. The minimum Gasteiger partial charge on any atom is -0.480 e. The number of amides is 2. The summed E-state index contributed by atoms with van der Waals surface area (Å²) in [4.78, 5) is 34.9. The van der Waals surface area contributed by atoms with Crippen LogP contribution in [-0.4, -0.2) is 59.1 Å². The molecule has 0 aromatic rings. The lowest BCUT2D eigenvalue weighted by Crippen LogP contribution is -2.55. The van der Waals surface area contributed by atoms with E-state index in [4.69, 9.17) is 16.6 Å². The Hall–Kier alpha value is -0.970. The first-order valence-corrected chi connectivity index (χ1v) is 8.14. The third kappa shape index (κ3) is 7.87. The Bertz CT molecular complexity index is 384. The highest BCUT2D eigenvalue weighted by atomic mass is 32.1. The zero-order valence-corrected chi connectivity index (χ0v) is 14.0. The molecule has 0 aliphatic carbocycles. The van der Waals surface area contributed by atoms with E-state index in [1.54, 1.807) is 0 Å². The van der Waals surface area contributed by atoms with Gasteiger partial charge in [0.15, 0.2) is 0 Å². The van der Waals surface area contributed by atoms with Gasteiger partial charge in [0.2, 0.25) is 11.8 Å². The third-order valence-electron chi connectivity index (χ3n) is 2.91. The minimum atomic E-state index is -1.19. The average molecular weight is 352 g/mol. The van der Waals surface area contributed by atoms with Crippen molar-refractivity contribution in [2.45, 2.75) is 37.4 Å². The van der Waals surface area contributed by atoms with Gasteiger partial charge in [-0.2, -0.15) is 25.3 Å². The van der Waals surface area contributed by atoms with E-state index in [-0.39, 0.29) is 11.5 Å². The number of carbonyl (C=O) groups is 3. The maximum atomic E-state index is 12.1. The molecule has 0 aromatic heterocycles. The SMILES string of the molecule is NCCCCC(NC(=O)C(N)CS)C(=O)NC(CS)C(=O)O. The van der Waals surface area contributed by atoms with Crippen molar-refractivity contribution in [2.24, 2.45) is 11.5 Å². The summed E-state index contributed by atoms with van der Waals surface area (Å²) in [5, 5.41) is 13.8. The number of thiol groups is 2. The zero-order chi connectivity index (χ0) is 17.1. The number of carbonyl (C=O) groups excluding carboxylic acids is 2. The maximum Gasteiger partial charge on any atom is 0.327 e. The number of carboxylic acid groups (broad SMARTS) is 1. The zero-order valence-electron chi connectivity index (χ0n) is 12.2. The molecule has 0 radical (unpaired) electrons. The van der Waals surface area contributed by atoms with Gasteiger partial charge in [-0.15, -0.1) is 0 Å². The summed E-state index contributed by atoms with van der Waals surface area (Å²) in [5.41, 5.74) is 10.9. The van der Waals surface area contributed by atoms with Crippen LogP contribution >= 0.6 is 25.3 Å². The van der Waals surface area contributed by atoms with Gasteiger partial charge in [-0.1, -0.05) is 0 Å². The lowest BCUT2D eigenvalue weighted by molar-refractivity contribution is -0.141. The number of unbranched alkanes of at least 4 members (excludes halogenated alkanes) is 1. The first-order chi connectivity index (χ1) is 10.4. The van der Waals surface area contributed by atoms with Gasteiger partial charge >= 0.3 is 5.97 Å². The van der Waals surface area contributed by atoms with Gasteiger partial charge in [-0.25, -0.2) is 4.79 Å². The molecule has 0 bridgehead atoms. The second kappa shape index (κ2) is 11.6. The van der Waals surface area contributed by atoms with Crippen LogP contribution in [0.2, 0.25) is 0 Å². The van der Waals surface area contributed by atoms with Crippen molar-refractivity contribution in [1.29, 1.82) is 0 Å². The van der Waals surface area contributed by atoms with E-state index in [2.05, 4.69) is 35.9 Å². The van der Waals surface area contributed by atoms with Gasteiger partial charge in [0, 0.05) is 11.5 Å². The molecule has 22 heavy (non-hydrogen) atoms. The summed E-state index contributed by atoms with van der Waals surface area (Å²) in [6, 6.07) is -2.83. The quantitative estimate of drug-likeness (QED) is 0.175. The van der Waals surface area contributed by atoms with Gasteiger partial charge in [0.1, 0.15) is 12.1 Å². The normalized spacial score (nSPS) is 14.7. The van der Waals surface area contributed by atoms with Crippen molar-refractivity contribution < 1.29 is 19.5 Å². The largest absolute Gasteiger partial charge is 0.480 e. The van der Waals surface area contributed by atoms with E-state index < -0.39 is 35.9 Å². The predicted octanol–water partition coefficient (Wildman–Crippen LogP) is -1.64. The second-order valence-corrected chi connectivity index (χ2v) is 5.45. The van der Waals surface area contributed by atoms with E-state index in [0.29, 0.717) is 25.8 Å². The van der Waals surface area contributed by atoms with Gasteiger partial charge < -0.3 is 27.2 Å². The average Bonchev–Trinajstić information content (AvgIpc) is 2.49. The van der Waals surface area contributed by atoms with Crippen LogP contribution in [0.15, 0.2) is 0 Å². The fraction of sp³-hybridized carbons (Fsp3) is 0.750. The van der Waals surface area contributed by atoms with E-state index in [0.717, 1.165) is 0 Å². The lowest BCUT2D eigenvalue weighted by Gasteiger charge is -2.22.